The molecule has 0 aliphatic carbocycles. The number of hydrogen-bond donors (Lipinski definition) is 3. The van der Waals surface area contributed by atoms with Gasteiger partial charge in [-0.25, -0.2) is 0 Å². The van der Waals surface area contributed by atoms with Gasteiger partial charge in [-0.2, -0.15) is 0 Å². The molecule has 0 saturated carbocycles. The Morgan fingerprint density at radius 3 is 1.04 bits per heavy atom. The van der Waals surface area contributed by atoms with Gasteiger partial charge in [0.25, 0.3) is 0 Å². The van der Waals surface area contributed by atoms with Crippen LogP contribution in [0.15, 0.2) is 36.5 Å². The van der Waals surface area contributed by atoms with Crippen molar-refractivity contribution in [3.63, 3.8) is 0 Å². The van der Waals surface area contributed by atoms with Crippen LogP contribution in [0.25, 0.3) is 0 Å². The Balaban J connectivity index is 3.36. The van der Waals surface area contributed by atoms with Crippen molar-refractivity contribution < 1.29 is 24.5 Å². The second kappa shape index (κ2) is 65.6. The van der Waals surface area contributed by atoms with Crippen LogP contribution in [-0.4, -0.2) is 47.4 Å². The molecular weight excluding hydrogens is 935 g/mol. The van der Waals surface area contributed by atoms with Gasteiger partial charge in [0, 0.05) is 12.8 Å². The zero-order chi connectivity index (χ0) is 55.0. The van der Waals surface area contributed by atoms with Crippen LogP contribution < -0.4 is 5.32 Å². The largest absolute Gasteiger partial charge is 0.466 e. The molecule has 448 valence electrons. The number of carbonyl (C=O) groups is 2. The van der Waals surface area contributed by atoms with Crippen LogP contribution in [0.4, 0.5) is 0 Å². The number of nitrogens with one attached hydrogen (secondary N) is 1. The van der Waals surface area contributed by atoms with E-state index >= 15 is 0 Å². The lowest BCUT2D eigenvalue weighted by Gasteiger charge is -2.22. The van der Waals surface area contributed by atoms with Crippen LogP contribution in [0.2, 0.25) is 0 Å². The van der Waals surface area contributed by atoms with E-state index in [9.17, 15) is 19.8 Å². The molecule has 0 heterocycles. The van der Waals surface area contributed by atoms with Gasteiger partial charge in [0.15, 0.2) is 0 Å². The van der Waals surface area contributed by atoms with Crippen LogP contribution in [-0.2, 0) is 14.3 Å². The van der Waals surface area contributed by atoms with Gasteiger partial charge in [0.1, 0.15) is 0 Å². The van der Waals surface area contributed by atoms with E-state index < -0.39 is 12.1 Å². The number of aliphatic hydroxyl groups is 2. The van der Waals surface area contributed by atoms with E-state index in [0.29, 0.717) is 25.9 Å². The predicted octanol–water partition coefficient (Wildman–Crippen LogP) is 21.9. The molecule has 0 aliphatic rings. The summed E-state index contributed by atoms with van der Waals surface area (Å²) >= 11 is 0. The Hall–Kier alpha value is -1.92. The molecule has 0 spiro atoms. The summed E-state index contributed by atoms with van der Waals surface area (Å²) in [6.45, 7) is 4.94. The van der Waals surface area contributed by atoms with Crippen molar-refractivity contribution in [2.45, 2.75) is 386 Å². The van der Waals surface area contributed by atoms with Crippen LogP contribution in [0.3, 0.4) is 0 Å². The molecule has 2 unspecified atom stereocenters. The smallest absolute Gasteiger partial charge is 0.305 e. The van der Waals surface area contributed by atoms with Gasteiger partial charge in [-0.15, -0.1) is 0 Å². The summed E-state index contributed by atoms with van der Waals surface area (Å²) in [6, 6.07) is -0.540. The summed E-state index contributed by atoms with van der Waals surface area (Å²) in [5, 5.41) is 23.3. The summed E-state index contributed by atoms with van der Waals surface area (Å²) in [4.78, 5) is 24.6. The Morgan fingerprint density at radius 2 is 0.658 bits per heavy atom. The van der Waals surface area contributed by atoms with Gasteiger partial charge in [0.2, 0.25) is 5.91 Å². The topological polar surface area (TPSA) is 95.9 Å². The number of carbonyl (C=O) groups excluding carboxylic acids is 2. The first-order valence-corrected chi connectivity index (χ1v) is 34.2. The molecule has 0 aliphatic heterocycles. The first-order valence-electron chi connectivity index (χ1n) is 34.2. The summed E-state index contributed by atoms with van der Waals surface area (Å²) in [5.74, 6) is -0.0238. The molecule has 0 fully saturated rings. The van der Waals surface area contributed by atoms with Crippen LogP contribution in [0.5, 0.6) is 0 Å². The van der Waals surface area contributed by atoms with E-state index in [4.69, 9.17) is 4.74 Å². The second-order valence-corrected chi connectivity index (χ2v) is 23.5. The molecule has 3 N–H and O–H groups in total. The maximum Gasteiger partial charge on any atom is 0.305 e. The number of aliphatic hydroxyl groups excluding tert-OH is 2. The quantitative estimate of drug-likeness (QED) is 0.0320. The van der Waals surface area contributed by atoms with E-state index in [1.807, 2.05) is 0 Å². The molecule has 0 aromatic rings. The standard InChI is InChI=1S/C70H133NO5/c1-3-5-7-9-11-13-15-17-18-32-36-40-44-48-52-56-60-64-70(75)76-65-61-57-53-49-45-41-37-34-31-29-27-25-23-21-19-20-22-24-26-28-30-33-35-39-43-47-51-55-59-63-69(74)71-67(66-72)68(73)62-58-54-50-46-42-38-16-14-12-10-8-6-4-2/h11,13,17-19,21,67-68,72-73H,3-10,12,14-16,20,22-66H2,1-2H3,(H,71,74)/b13-11-,18-17-,21-19-. The molecule has 1 amide bonds. The molecule has 0 rings (SSSR count). The Morgan fingerprint density at radius 1 is 0.368 bits per heavy atom. The molecule has 0 radical (unpaired) electrons. The van der Waals surface area contributed by atoms with E-state index in [2.05, 4.69) is 55.6 Å². The highest BCUT2D eigenvalue weighted by atomic mass is 16.5. The summed E-state index contributed by atoms with van der Waals surface area (Å²) in [5.41, 5.74) is 0. The molecule has 0 saturated heterocycles. The predicted molar refractivity (Wildman–Crippen MR) is 333 cm³/mol. The van der Waals surface area contributed by atoms with Gasteiger partial charge in [-0.3, -0.25) is 9.59 Å². The van der Waals surface area contributed by atoms with Crippen molar-refractivity contribution in [1.82, 2.24) is 5.32 Å². The summed E-state index contributed by atoms with van der Waals surface area (Å²) in [6.07, 6.45) is 83.3. The highest BCUT2D eigenvalue weighted by Crippen LogP contribution is 2.18. The van der Waals surface area contributed by atoms with Crippen molar-refractivity contribution in [2.24, 2.45) is 0 Å². The number of esters is 1. The Kier molecular flexibility index (Phi) is 63.9. The van der Waals surface area contributed by atoms with Crippen molar-refractivity contribution in [3.8, 4) is 0 Å². The average Bonchev–Trinajstić information content (AvgIpc) is 3.42. The summed E-state index contributed by atoms with van der Waals surface area (Å²) in [7, 11) is 0. The lowest BCUT2D eigenvalue weighted by Crippen LogP contribution is -2.45. The van der Waals surface area contributed by atoms with Gasteiger partial charge < -0.3 is 20.3 Å². The Bertz CT molecular complexity index is 1230. The second-order valence-electron chi connectivity index (χ2n) is 23.5. The monoisotopic (exact) mass is 1070 g/mol. The number of rotatable bonds is 64. The SMILES string of the molecule is CCCCC/C=C\C/C=C\CCCCCCCCCC(=O)OCCCCCCCCCCCCCC/C=C\CCCCCCCCCCCCCCCC(=O)NC(CO)C(O)CCCCCCCCCCCCCCC. The fourth-order valence-corrected chi connectivity index (χ4v) is 10.7. The molecule has 76 heavy (non-hydrogen) atoms. The van der Waals surface area contributed by atoms with E-state index in [-0.39, 0.29) is 18.5 Å². The maximum atomic E-state index is 12.5. The number of allylic oxidation sites excluding steroid dienone is 6. The normalized spacial score (nSPS) is 12.7. The highest BCUT2D eigenvalue weighted by molar-refractivity contribution is 5.76. The van der Waals surface area contributed by atoms with Gasteiger partial charge in [0.05, 0.1) is 25.4 Å². The molecule has 0 aromatic carbocycles. The van der Waals surface area contributed by atoms with Crippen molar-refractivity contribution in [3.05, 3.63) is 36.5 Å². The Labute approximate surface area is 474 Å². The fraction of sp³-hybridized carbons (Fsp3) is 0.886. The highest BCUT2D eigenvalue weighted by Gasteiger charge is 2.20. The third kappa shape index (κ3) is 61.3. The van der Waals surface area contributed by atoms with E-state index in [1.54, 1.807) is 0 Å². The van der Waals surface area contributed by atoms with Crippen LogP contribution in [0.1, 0.15) is 373 Å². The third-order valence-corrected chi connectivity index (χ3v) is 15.9. The molecule has 0 bridgehead atoms. The van der Waals surface area contributed by atoms with Gasteiger partial charge in [-0.05, 0) is 83.5 Å². The average molecular weight is 1070 g/mol. The van der Waals surface area contributed by atoms with Crippen molar-refractivity contribution in [2.75, 3.05) is 13.2 Å². The first-order chi connectivity index (χ1) is 37.5. The van der Waals surface area contributed by atoms with E-state index in [0.717, 1.165) is 51.4 Å². The van der Waals surface area contributed by atoms with Crippen molar-refractivity contribution >= 4 is 11.9 Å². The zero-order valence-electron chi connectivity index (χ0n) is 51.3. The maximum absolute atomic E-state index is 12.5. The van der Waals surface area contributed by atoms with Crippen molar-refractivity contribution in [1.29, 1.82) is 0 Å². The van der Waals surface area contributed by atoms with Crippen LogP contribution in [0, 0.1) is 0 Å². The first kappa shape index (κ1) is 74.1. The minimum Gasteiger partial charge on any atom is -0.466 e. The fourth-order valence-electron chi connectivity index (χ4n) is 10.7. The molecule has 2 atom stereocenters. The van der Waals surface area contributed by atoms with Crippen LogP contribution >= 0.6 is 0 Å². The minimum atomic E-state index is -0.663. The molecule has 6 heteroatoms. The molecule has 0 aromatic heterocycles. The number of ether oxygens (including phenoxy) is 1. The van der Waals surface area contributed by atoms with Gasteiger partial charge >= 0.3 is 5.97 Å². The molecule has 6 nitrogen and oxygen atoms in total. The zero-order valence-corrected chi connectivity index (χ0v) is 51.3. The van der Waals surface area contributed by atoms with E-state index in [1.165, 1.54) is 289 Å². The third-order valence-electron chi connectivity index (χ3n) is 15.9. The summed E-state index contributed by atoms with van der Waals surface area (Å²) < 4.78 is 5.50. The number of amides is 1. The minimum absolute atomic E-state index is 0.00898. The lowest BCUT2D eigenvalue weighted by atomic mass is 10.0. The number of hydrogen-bond acceptors (Lipinski definition) is 5. The molecular formula is C70H133NO5. The lowest BCUT2D eigenvalue weighted by molar-refractivity contribution is -0.143. The number of unbranched alkanes of at least 4 members (excludes halogenated alkanes) is 47. The van der Waals surface area contributed by atoms with Gasteiger partial charge in [-0.1, -0.05) is 314 Å².